The van der Waals surface area contributed by atoms with Gasteiger partial charge in [0, 0.05) is 36.4 Å². The summed E-state index contributed by atoms with van der Waals surface area (Å²) in [6, 6.07) is 2.15. The molecule has 0 amide bonds. The Balaban J connectivity index is 2.79. The maximum Gasteiger partial charge on any atom is 0.132 e. The standard InChI is InChI=1S/C13H22BrN3/c1-4-6-15-9-11-8-12(14)10-16-13(11)17(3)7-5-2/h8,10,15H,4-7,9H2,1-3H3. The van der Waals surface area contributed by atoms with E-state index in [0.29, 0.717) is 0 Å². The average Bonchev–Trinajstić information content (AvgIpc) is 2.30. The third-order valence-corrected chi connectivity index (χ3v) is 3.01. The predicted octanol–water partition coefficient (Wildman–Crippen LogP) is 3.19. The normalized spacial score (nSPS) is 10.6. The Morgan fingerprint density at radius 2 is 2.12 bits per heavy atom. The Labute approximate surface area is 113 Å². The monoisotopic (exact) mass is 299 g/mol. The van der Waals surface area contributed by atoms with Crippen LogP contribution in [0.4, 0.5) is 5.82 Å². The van der Waals surface area contributed by atoms with Gasteiger partial charge in [-0.05, 0) is 41.4 Å². The molecule has 0 fully saturated rings. The fourth-order valence-corrected chi connectivity index (χ4v) is 2.17. The third-order valence-electron chi connectivity index (χ3n) is 2.57. The van der Waals surface area contributed by atoms with E-state index < -0.39 is 0 Å². The maximum atomic E-state index is 4.51. The first-order valence-electron chi connectivity index (χ1n) is 6.25. The number of anilines is 1. The molecule has 0 bridgehead atoms. The number of hydrogen-bond acceptors (Lipinski definition) is 3. The van der Waals surface area contributed by atoms with Crippen molar-refractivity contribution in [3.8, 4) is 0 Å². The van der Waals surface area contributed by atoms with Crippen LogP contribution in [0.25, 0.3) is 0 Å². The number of nitrogens with one attached hydrogen (secondary N) is 1. The first-order valence-corrected chi connectivity index (χ1v) is 7.04. The van der Waals surface area contributed by atoms with Crippen LogP contribution in [0, 0.1) is 0 Å². The molecule has 0 aliphatic heterocycles. The van der Waals surface area contributed by atoms with Gasteiger partial charge in [0.05, 0.1) is 0 Å². The van der Waals surface area contributed by atoms with E-state index in [4.69, 9.17) is 0 Å². The molecule has 1 aromatic heterocycles. The van der Waals surface area contributed by atoms with Gasteiger partial charge in [0.2, 0.25) is 0 Å². The van der Waals surface area contributed by atoms with E-state index in [1.54, 1.807) is 0 Å². The second kappa shape index (κ2) is 7.67. The molecule has 17 heavy (non-hydrogen) atoms. The van der Waals surface area contributed by atoms with E-state index in [-0.39, 0.29) is 0 Å². The summed E-state index contributed by atoms with van der Waals surface area (Å²) in [5, 5.41) is 3.43. The van der Waals surface area contributed by atoms with Crippen LogP contribution in [-0.2, 0) is 6.54 Å². The van der Waals surface area contributed by atoms with Crippen LogP contribution in [0.1, 0.15) is 32.3 Å². The van der Waals surface area contributed by atoms with Gasteiger partial charge in [-0.25, -0.2) is 4.98 Å². The van der Waals surface area contributed by atoms with Crippen LogP contribution < -0.4 is 10.2 Å². The van der Waals surface area contributed by atoms with Gasteiger partial charge < -0.3 is 10.2 Å². The number of halogens is 1. The van der Waals surface area contributed by atoms with Crippen molar-refractivity contribution < 1.29 is 0 Å². The number of aromatic nitrogens is 1. The van der Waals surface area contributed by atoms with E-state index in [0.717, 1.165) is 42.8 Å². The van der Waals surface area contributed by atoms with Gasteiger partial charge in [0.15, 0.2) is 0 Å². The molecular formula is C13H22BrN3. The molecule has 0 saturated carbocycles. The van der Waals surface area contributed by atoms with E-state index in [2.05, 4.69) is 58.1 Å². The fourth-order valence-electron chi connectivity index (χ4n) is 1.79. The molecule has 3 nitrogen and oxygen atoms in total. The third kappa shape index (κ3) is 4.64. The Hall–Kier alpha value is -0.610. The highest BCUT2D eigenvalue weighted by atomic mass is 79.9. The van der Waals surface area contributed by atoms with Gasteiger partial charge >= 0.3 is 0 Å². The summed E-state index contributed by atoms with van der Waals surface area (Å²) in [5.41, 5.74) is 1.25. The molecule has 0 aliphatic carbocycles. The quantitative estimate of drug-likeness (QED) is 0.784. The summed E-state index contributed by atoms with van der Waals surface area (Å²) in [6.07, 6.45) is 4.16. The SMILES string of the molecule is CCCNCc1cc(Br)cnc1N(C)CCC. The van der Waals surface area contributed by atoms with Crippen LogP contribution in [0.15, 0.2) is 16.7 Å². The van der Waals surface area contributed by atoms with Crippen molar-refractivity contribution >= 4 is 21.7 Å². The number of pyridine rings is 1. The second-order valence-corrected chi connectivity index (χ2v) is 5.15. The summed E-state index contributed by atoms with van der Waals surface area (Å²) in [5.74, 6) is 1.08. The van der Waals surface area contributed by atoms with Crippen molar-refractivity contribution in [2.24, 2.45) is 0 Å². The van der Waals surface area contributed by atoms with Crippen molar-refractivity contribution in [1.29, 1.82) is 0 Å². The molecule has 4 heteroatoms. The molecule has 1 aromatic rings. The maximum absolute atomic E-state index is 4.51. The Kier molecular flexibility index (Phi) is 6.52. The summed E-state index contributed by atoms with van der Waals surface area (Å²) in [7, 11) is 2.10. The van der Waals surface area contributed by atoms with Crippen molar-refractivity contribution in [1.82, 2.24) is 10.3 Å². The lowest BCUT2D eigenvalue weighted by molar-refractivity contribution is 0.671. The van der Waals surface area contributed by atoms with Crippen molar-refractivity contribution in [2.45, 2.75) is 33.2 Å². The molecule has 0 radical (unpaired) electrons. The minimum Gasteiger partial charge on any atom is -0.359 e. The van der Waals surface area contributed by atoms with E-state index in [1.165, 1.54) is 5.56 Å². The summed E-state index contributed by atoms with van der Waals surface area (Å²) in [6.45, 7) is 7.32. The smallest absolute Gasteiger partial charge is 0.132 e. The Morgan fingerprint density at radius 3 is 2.76 bits per heavy atom. The average molecular weight is 300 g/mol. The van der Waals surface area contributed by atoms with Crippen molar-refractivity contribution in [3.05, 3.63) is 22.3 Å². The number of hydrogen-bond donors (Lipinski definition) is 1. The second-order valence-electron chi connectivity index (χ2n) is 4.23. The summed E-state index contributed by atoms with van der Waals surface area (Å²) in [4.78, 5) is 6.73. The molecule has 1 rings (SSSR count). The lowest BCUT2D eigenvalue weighted by Gasteiger charge is -2.21. The molecule has 0 aromatic carbocycles. The first-order chi connectivity index (χ1) is 8.19. The minimum absolute atomic E-state index is 0.879. The van der Waals surface area contributed by atoms with Crippen LogP contribution in [-0.4, -0.2) is 25.1 Å². The molecule has 0 unspecified atom stereocenters. The van der Waals surface area contributed by atoms with Crippen LogP contribution >= 0.6 is 15.9 Å². The van der Waals surface area contributed by atoms with Crippen LogP contribution in [0.2, 0.25) is 0 Å². The molecule has 0 aliphatic rings. The topological polar surface area (TPSA) is 28.2 Å². The van der Waals surface area contributed by atoms with Gasteiger partial charge in [0.1, 0.15) is 5.82 Å². The largest absolute Gasteiger partial charge is 0.359 e. The van der Waals surface area contributed by atoms with E-state index in [1.807, 2.05) is 6.20 Å². The van der Waals surface area contributed by atoms with Crippen molar-refractivity contribution in [2.75, 3.05) is 25.0 Å². The van der Waals surface area contributed by atoms with Gasteiger partial charge in [-0.3, -0.25) is 0 Å². The highest BCUT2D eigenvalue weighted by Gasteiger charge is 2.08. The predicted molar refractivity (Wildman–Crippen MR) is 77.5 cm³/mol. The summed E-state index contributed by atoms with van der Waals surface area (Å²) < 4.78 is 1.04. The summed E-state index contributed by atoms with van der Waals surface area (Å²) >= 11 is 3.48. The zero-order valence-electron chi connectivity index (χ0n) is 11.0. The molecule has 0 atom stereocenters. The lowest BCUT2D eigenvalue weighted by Crippen LogP contribution is -2.23. The van der Waals surface area contributed by atoms with Crippen molar-refractivity contribution in [3.63, 3.8) is 0 Å². The lowest BCUT2D eigenvalue weighted by atomic mass is 10.2. The molecular weight excluding hydrogens is 278 g/mol. The Morgan fingerprint density at radius 1 is 1.35 bits per heavy atom. The fraction of sp³-hybridized carbons (Fsp3) is 0.615. The van der Waals surface area contributed by atoms with Gasteiger partial charge in [-0.2, -0.15) is 0 Å². The highest BCUT2D eigenvalue weighted by molar-refractivity contribution is 9.10. The van der Waals surface area contributed by atoms with Crippen LogP contribution in [0.5, 0.6) is 0 Å². The Bertz CT molecular complexity index is 341. The molecule has 1 N–H and O–H groups in total. The molecule has 96 valence electrons. The molecule has 1 heterocycles. The van der Waals surface area contributed by atoms with Crippen LogP contribution in [0.3, 0.4) is 0 Å². The molecule has 0 spiro atoms. The number of rotatable bonds is 7. The number of nitrogens with zero attached hydrogens (tertiary/aromatic N) is 2. The van der Waals surface area contributed by atoms with Gasteiger partial charge in [-0.1, -0.05) is 13.8 Å². The van der Waals surface area contributed by atoms with E-state index in [9.17, 15) is 0 Å². The van der Waals surface area contributed by atoms with Gasteiger partial charge in [0.25, 0.3) is 0 Å². The zero-order chi connectivity index (χ0) is 12.7. The van der Waals surface area contributed by atoms with Gasteiger partial charge in [-0.15, -0.1) is 0 Å². The minimum atomic E-state index is 0.879. The molecule has 0 saturated heterocycles. The zero-order valence-corrected chi connectivity index (χ0v) is 12.5. The van der Waals surface area contributed by atoms with E-state index >= 15 is 0 Å². The highest BCUT2D eigenvalue weighted by Crippen LogP contribution is 2.20. The first kappa shape index (κ1) is 14.5.